The molecule has 3 rings (SSSR count). The van der Waals surface area contributed by atoms with E-state index in [2.05, 4.69) is 34.4 Å². The molecule has 0 radical (unpaired) electrons. The molecule has 2 aromatic rings. The van der Waals surface area contributed by atoms with Gasteiger partial charge in [0, 0.05) is 11.7 Å². The van der Waals surface area contributed by atoms with Crippen molar-refractivity contribution in [2.45, 2.75) is 57.9 Å². The number of para-hydroxylation sites is 1. The van der Waals surface area contributed by atoms with Crippen LogP contribution in [0.5, 0.6) is 0 Å². The molecule has 1 amide bonds. The minimum absolute atomic E-state index is 0.232. The van der Waals surface area contributed by atoms with E-state index in [1.807, 2.05) is 24.3 Å². The molecule has 1 heterocycles. The maximum absolute atomic E-state index is 12.5. The lowest BCUT2D eigenvalue weighted by molar-refractivity contribution is 0.102. The number of amides is 1. The minimum Gasteiger partial charge on any atom is -0.366 e. The molecule has 0 spiro atoms. The zero-order chi connectivity index (χ0) is 17.6. The SMILES string of the molecule is CC(C)c1ccccc1NC(=O)c1cnc(NC2CCCCC2)cn1. The molecular formula is C20H26N4O. The molecule has 132 valence electrons. The Balaban J connectivity index is 1.65. The summed E-state index contributed by atoms with van der Waals surface area (Å²) in [5, 5.41) is 6.36. The van der Waals surface area contributed by atoms with Crippen LogP contribution in [0, 0.1) is 0 Å². The van der Waals surface area contributed by atoms with Crippen molar-refractivity contribution in [3.63, 3.8) is 0 Å². The summed E-state index contributed by atoms with van der Waals surface area (Å²) in [7, 11) is 0. The van der Waals surface area contributed by atoms with Gasteiger partial charge in [-0.15, -0.1) is 0 Å². The second-order valence-corrected chi connectivity index (χ2v) is 6.96. The number of rotatable bonds is 5. The molecule has 2 N–H and O–H groups in total. The Morgan fingerprint density at radius 3 is 2.52 bits per heavy atom. The average Bonchev–Trinajstić information content (AvgIpc) is 2.63. The van der Waals surface area contributed by atoms with Crippen LogP contribution in [0.3, 0.4) is 0 Å². The third kappa shape index (κ3) is 4.56. The molecule has 5 heteroatoms. The molecule has 25 heavy (non-hydrogen) atoms. The number of benzene rings is 1. The van der Waals surface area contributed by atoms with Gasteiger partial charge in [-0.05, 0) is 30.4 Å². The summed E-state index contributed by atoms with van der Waals surface area (Å²) in [6.45, 7) is 4.22. The minimum atomic E-state index is -0.232. The van der Waals surface area contributed by atoms with E-state index < -0.39 is 0 Å². The Bertz CT molecular complexity index is 706. The zero-order valence-corrected chi connectivity index (χ0v) is 15.0. The van der Waals surface area contributed by atoms with E-state index in [9.17, 15) is 4.79 Å². The van der Waals surface area contributed by atoms with Crippen molar-refractivity contribution in [1.29, 1.82) is 0 Å². The van der Waals surface area contributed by atoms with Crippen molar-refractivity contribution >= 4 is 17.4 Å². The van der Waals surface area contributed by atoms with Crippen LogP contribution in [0.25, 0.3) is 0 Å². The lowest BCUT2D eigenvalue weighted by atomic mass is 9.96. The number of nitrogens with zero attached hydrogens (tertiary/aromatic N) is 2. The number of aromatic nitrogens is 2. The van der Waals surface area contributed by atoms with E-state index in [1.165, 1.54) is 32.1 Å². The first-order valence-electron chi connectivity index (χ1n) is 9.12. The molecule has 0 unspecified atom stereocenters. The number of nitrogens with one attached hydrogen (secondary N) is 2. The number of hydrogen-bond donors (Lipinski definition) is 2. The van der Waals surface area contributed by atoms with Gasteiger partial charge in [-0.1, -0.05) is 51.3 Å². The Morgan fingerprint density at radius 2 is 1.84 bits per heavy atom. The quantitative estimate of drug-likeness (QED) is 0.836. The standard InChI is InChI=1S/C20H26N4O/c1-14(2)16-10-6-7-11-17(16)24-20(25)18-12-22-19(13-21-18)23-15-8-4-3-5-9-15/h6-7,10-15H,3-5,8-9H2,1-2H3,(H,22,23)(H,24,25). The summed E-state index contributed by atoms with van der Waals surface area (Å²) < 4.78 is 0. The third-order valence-corrected chi connectivity index (χ3v) is 4.67. The van der Waals surface area contributed by atoms with Gasteiger partial charge in [-0.3, -0.25) is 4.79 Å². The van der Waals surface area contributed by atoms with Crippen molar-refractivity contribution in [3.05, 3.63) is 47.9 Å². The Morgan fingerprint density at radius 1 is 1.08 bits per heavy atom. The summed E-state index contributed by atoms with van der Waals surface area (Å²) in [6.07, 6.45) is 9.39. The van der Waals surface area contributed by atoms with Gasteiger partial charge >= 0.3 is 0 Å². The predicted octanol–water partition coefficient (Wildman–Crippen LogP) is 4.60. The van der Waals surface area contributed by atoms with Gasteiger partial charge in [0.2, 0.25) is 0 Å². The van der Waals surface area contributed by atoms with Gasteiger partial charge in [-0.25, -0.2) is 9.97 Å². The molecule has 1 aliphatic carbocycles. The smallest absolute Gasteiger partial charge is 0.275 e. The fourth-order valence-corrected chi connectivity index (χ4v) is 3.28. The van der Waals surface area contributed by atoms with Crippen molar-refractivity contribution in [3.8, 4) is 0 Å². The van der Waals surface area contributed by atoms with Crippen LogP contribution in [-0.2, 0) is 0 Å². The molecule has 0 aliphatic heterocycles. The van der Waals surface area contributed by atoms with Crippen molar-refractivity contribution < 1.29 is 4.79 Å². The summed E-state index contributed by atoms with van der Waals surface area (Å²) in [6, 6.07) is 8.32. The zero-order valence-electron chi connectivity index (χ0n) is 15.0. The Kier molecular flexibility index (Phi) is 5.64. The van der Waals surface area contributed by atoms with Crippen molar-refractivity contribution in [1.82, 2.24) is 9.97 Å². The Hall–Kier alpha value is -2.43. The van der Waals surface area contributed by atoms with E-state index >= 15 is 0 Å². The van der Waals surface area contributed by atoms with Crippen LogP contribution in [0.1, 0.15) is 67.9 Å². The fourth-order valence-electron chi connectivity index (χ4n) is 3.28. The second-order valence-electron chi connectivity index (χ2n) is 6.96. The van der Waals surface area contributed by atoms with Crippen LogP contribution < -0.4 is 10.6 Å². The number of anilines is 2. The molecule has 0 bridgehead atoms. The predicted molar refractivity (Wildman–Crippen MR) is 101 cm³/mol. The number of carbonyl (C=O) groups excluding carboxylic acids is 1. The molecule has 0 atom stereocenters. The molecule has 1 aromatic heterocycles. The van der Waals surface area contributed by atoms with Gasteiger partial charge < -0.3 is 10.6 Å². The van der Waals surface area contributed by atoms with Gasteiger partial charge in [0.15, 0.2) is 0 Å². The summed E-state index contributed by atoms with van der Waals surface area (Å²) >= 11 is 0. The topological polar surface area (TPSA) is 66.9 Å². The monoisotopic (exact) mass is 338 g/mol. The molecule has 1 aromatic carbocycles. The van der Waals surface area contributed by atoms with Crippen LogP contribution in [0.2, 0.25) is 0 Å². The van der Waals surface area contributed by atoms with E-state index in [4.69, 9.17) is 0 Å². The highest BCUT2D eigenvalue weighted by atomic mass is 16.1. The molecular weight excluding hydrogens is 312 g/mol. The molecule has 1 aliphatic rings. The summed E-state index contributed by atoms with van der Waals surface area (Å²) in [5.74, 6) is 0.848. The maximum Gasteiger partial charge on any atom is 0.275 e. The summed E-state index contributed by atoms with van der Waals surface area (Å²) in [4.78, 5) is 21.1. The number of carbonyl (C=O) groups is 1. The fraction of sp³-hybridized carbons (Fsp3) is 0.450. The highest BCUT2D eigenvalue weighted by Crippen LogP contribution is 2.24. The van der Waals surface area contributed by atoms with Crippen molar-refractivity contribution in [2.75, 3.05) is 10.6 Å². The highest BCUT2D eigenvalue weighted by molar-refractivity contribution is 6.03. The molecule has 1 fully saturated rings. The van der Waals surface area contributed by atoms with Gasteiger partial charge in [0.1, 0.15) is 11.5 Å². The van der Waals surface area contributed by atoms with Crippen molar-refractivity contribution in [2.24, 2.45) is 0 Å². The van der Waals surface area contributed by atoms with E-state index in [1.54, 1.807) is 12.4 Å². The third-order valence-electron chi connectivity index (χ3n) is 4.67. The highest BCUT2D eigenvalue weighted by Gasteiger charge is 2.15. The Labute approximate surface area is 149 Å². The lowest BCUT2D eigenvalue weighted by Gasteiger charge is -2.23. The van der Waals surface area contributed by atoms with Crippen LogP contribution >= 0.6 is 0 Å². The lowest BCUT2D eigenvalue weighted by Crippen LogP contribution is -2.23. The normalized spacial score (nSPS) is 15.2. The number of hydrogen-bond acceptors (Lipinski definition) is 4. The molecule has 0 saturated heterocycles. The van der Waals surface area contributed by atoms with Crippen LogP contribution in [0.15, 0.2) is 36.7 Å². The van der Waals surface area contributed by atoms with Crippen LogP contribution in [0.4, 0.5) is 11.5 Å². The first-order valence-corrected chi connectivity index (χ1v) is 9.12. The van der Waals surface area contributed by atoms with Crippen LogP contribution in [-0.4, -0.2) is 21.9 Å². The van der Waals surface area contributed by atoms with E-state index in [0.717, 1.165) is 17.1 Å². The maximum atomic E-state index is 12.5. The van der Waals surface area contributed by atoms with Gasteiger partial charge in [-0.2, -0.15) is 0 Å². The van der Waals surface area contributed by atoms with E-state index in [0.29, 0.717) is 17.7 Å². The van der Waals surface area contributed by atoms with Gasteiger partial charge in [0.05, 0.1) is 12.4 Å². The largest absolute Gasteiger partial charge is 0.366 e. The average molecular weight is 338 g/mol. The van der Waals surface area contributed by atoms with Gasteiger partial charge in [0.25, 0.3) is 5.91 Å². The first-order chi connectivity index (χ1) is 12.1. The summed E-state index contributed by atoms with van der Waals surface area (Å²) in [5.41, 5.74) is 2.26. The molecule has 5 nitrogen and oxygen atoms in total. The van der Waals surface area contributed by atoms with E-state index in [-0.39, 0.29) is 5.91 Å². The second kappa shape index (κ2) is 8.10. The first kappa shape index (κ1) is 17.4. The molecule has 1 saturated carbocycles.